The van der Waals surface area contributed by atoms with E-state index in [1.807, 2.05) is 19.2 Å². The molecule has 0 aromatic heterocycles. The lowest BCUT2D eigenvalue weighted by Crippen LogP contribution is -2.81. The molecule has 1 spiro atoms. The van der Waals surface area contributed by atoms with Crippen molar-refractivity contribution in [2.24, 2.45) is 5.41 Å². The van der Waals surface area contributed by atoms with Crippen LogP contribution in [0.3, 0.4) is 0 Å². The summed E-state index contributed by atoms with van der Waals surface area (Å²) in [5.41, 5.74) is -0.624. The fraction of sp³-hybridized carbons (Fsp3) is 0.667. The van der Waals surface area contributed by atoms with E-state index in [-0.39, 0.29) is 6.04 Å². The monoisotopic (exact) mass is 470 g/mol. The van der Waals surface area contributed by atoms with Gasteiger partial charge in [-0.25, -0.2) is 4.79 Å². The molecule has 1 aromatic rings. The second-order valence-corrected chi connectivity index (χ2v) is 10.4. The molecule has 1 aromatic carbocycles. The Labute approximate surface area is 202 Å². The summed E-state index contributed by atoms with van der Waals surface area (Å²) < 4.78 is 17.5. The molecule has 0 amide bonds. The first-order chi connectivity index (χ1) is 16.4. The maximum Gasteiger partial charge on any atom is 0.342 e. The molecule has 1 saturated heterocycles. The van der Waals surface area contributed by atoms with E-state index in [0.29, 0.717) is 6.61 Å². The number of fused-ring (bicyclic) bond motifs is 1. The minimum Gasteiger partial charge on any atom is -0.497 e. The van der Waals surface area contributed by atoms with Gasteiger partial charge in [0.05, 0.1) is 20.3 Å². The van der Waals surface area contributed by atoms with Crippen LogP contribution < -0.4 is 9.64 Å². The second-order valence-electron chi connectivity index (χ2n) is 10.4. The average Bonchev–Trinajstić information content (AvgIpc) is 3.37. The molecule has 1 saturated carbocycles. The molecule has 0 radical (unpaired) electrons. The highest BCUT2D eigenvalue weighted by molar-refractivity contribution is 5.86. The Morgan fingerprint density at radius 2 is 2.03 bits per heavy atom. The van der Waals surface area contributed by atoms with Crippen molar-refractivity contribution >= 4 is 11.7 Å². The number of carbonyl (C=O) groups excluding carboxylic acids is 1. The molecule has 7 nitrogen and oxygen atoms in total. The van der Waals surface area contributed by atoms with E-state index in [9.17, 15) is 9.90 Å². The molecular formula is C27H38N2O5. The Bertz CT molecular complexity index is 997. The van der Waals surface area contributed by atoms with Crippen LogP contribution in [0.5, 0.6) is 5.75 Å². The van der Waals surface area contributed by atoms with E-state index in [1.165, 1.54) is 12.7 Å². The van der Waals surface area contributed by atoms with Crippen LogP contribution in [-0.2, 0) is 19.7 Å². The average molecular weight is 471 g/mol. The van der Waals surface area contributed by atoms with Crippen molar-refractivity contribution in [3.63, 3.8) is 0 Å². The third-order valence-electron chi connectivity index (χ3n) is 9.12. The fourth-order valence-corrected chi connectivity index (χ4v) is 7.94. The number of benzene rings is 1. The predicted octanol–water partition coefficient (Wildman–Crippen LogP) is 2.89. The number of anilines is 1. The Kier molecular flexibility index (Phi) is 5.73. The van der Waals surface area contributed by atoms with Crippen LogP contribution in [0.25, 0.3) is 0 Å². The molecule has 7 heteroatoms. The minimum absolute atomic E-state index is 0.105. The largest absolute Gasteiger partial charge is 0.497 e. The number of nitrogens with zero attached hydrogens (tertiary/aromatic N) is 2. The smallest absolute Gasteiger partial charge is 0.342 e. The van der Waals surface area contributed by atoms with Crippen molar-refractivity contribution in [1.29, 1.82) is 0 Å². The van der Waals surface area contributed by atoms with Crippen molar-refractivity contribution in [3.05, 3.63) is 35.9 Å². The fourth-order valence-electron chi connectivity index (χ4n) is 7.94. The Morgan fingerprint density at radius 1 is 1.24 bits per heavy atom. The highest BCUT2D eigenvalue weighted by Crippen LogP contribution is 2.67. The van der Waals surface area contributed by atoms with E-state index >= 15 is 0 Å². The summed E-state index contributed by atoms with van der Waals surface area (Å²) >= 11 is 0. The number of esters is 1. The molecule has 2 fully saturated rings. The van der Waals surface area contributed by atoms with Gasteiger partial charge in [0.25, 0.3) is 0 Å². The number of carbonyl (C=O) groups is 1. The molecule has 186 valence electrons. The summed E-state index contributed by atoms with van der Waals surface area (Å²) in [7, 11) is 5.01. The summed E-state index contributed by atoms with van der Waals surface area (Å²) in [5.74, 6) is 0.145. The highest BCUT2D eigenvalue weighted by Gasteiger charge is 2.79. The van der Waals surface area contributed by atoms with Crippen LogP contribution >= 0.6 is 0 Å². The van der Waals surface area contributed by atoms with Gasteiger partial charge < -0.3 is 24.2 Å². The van der Waals surface area contributed by atoms with Gasteiger partial charge in [-0.15, -0.1) is 0 Å². The van der Waals surface area contributed by atoms with Crippen molar-refractivity contribution < 1.29 is 24.1 Å². The lowest BCUT2D eigenvalue weighted by atomic mass is 9.47. The van der Waals surface area contributed by atoms with Crippen molar-refractivity contribution in [2.75, 3.05) is 45.9 Å². The molecule has 0 bridgehead atoms. The van der Waals surface area contributed by atoms with Gasteiger partial charge in [-0.3, -0.25) is 4.90 Å². The molecule has 6 atom stereocenters. The van der Waals surface area contributed by atoms with E-state index in [1.54, 1.807) is 7.11 Å². The summed E-state index contributed by atoms with van der Waals surface area (Å²) in [5, 5.41) is 12.7. The number of rotatable bonds is 7. The van der Waals surface area contributed by atoms with Gasteiger partial charge in [0.15, 0.2) is 0 Å². The Hall–Kier alpha value is -2.09. The molecule has 1 aliphatic carbocycles. The number of methoxy groups -OCH3 is 2. The molecule has 34 heavy (non-hydrogen) atoms. The molecule has 4 aliphatic rings. The maximum absolute atomic E-state index is 13.7. The summed E-state index contributed by atoms with van der Waals surface area (Å²) in [6.07, 6.45) is 7.18. The molecule has 1 N–H and O–H groups in total. The Morgan fingerprint density at radius 3 is 2.71 bits per heavy atom. The van der Waals surface area contributed by atoms with E-state index in [0.717, 1.165) is 50.2 Å². The third kappa shape index (κ3) is 2.72. The lowest BCUT2D eigenvalue weighted by molar-refractivity contribution is -0.231. The number of likely N-dealkylation sites (N-methyl/N-ethyl adjacent to an activating group) is 1. The summed E-state index contributed by atoms with van der Waals surface area (Å²) in [6, 6.07) is 5.76. The lowest BCUT2D eigenvalue weighted by Gasteiger charge is -2.64. The first kappa shape index (κ1) is 23.6. The first-order valence-corrected chi connectivity index (χ1v) is 12.6. The number of hydrogen-bond acceptors (Lipinski definition) is 7. The zero-order valence-corrected chi connectivity index (χ0v) is 21.0. The normalized spacial score (nSPS) is 37.8. The first-order valence-electron chi connectivity index (χ1n) is 12.6. The van der Waals surface area contributed by atoms with Crippen LogP contribution in [0.2, 0.25) is 0 Å². The van der Waals surface area contributed by atoms with Gasteiger partial charge in [-0.1, -0.05) is 38.5 Å². The number of hydrogen-bond donors (Lipinski definition) is 1. The highest BCUT2D eigenvalue weighted by atomic mass is 16.6. The molecule has 3 heterocycles. The topological polar surface area (TPSA) is 71.5 Å². The predicted molar refractivity (Wildman–Crippen MR) is 130 cm³/mol. The van der Waals surface area contributed by atoms with Crippen LogP contribution in [0.1, 0.15) is 45.1 Å². The van der Waals surface area contributed by atoms with Gasteiger partial charge in [0.2, 0.25) is 5.60 Å². The van der Waals surface area contributed by atoms with Crippen molar-refractivity contribution in [3.8, 4) is 5.75 Å². The number of unbranched alkanes of at least 4 members (excludes halogenated alkanes) is 1. The van der Waals surface area contributed by atoms with Crippen LogP contribution in [-0.4, -0.2) is 80.7 Å². The minimum atomic E-state index is -1.84. The molecule has 3 aliphatic heterocycles. The SMILES string of the molecule is CCCCO[C@@H]1[C@]2(CC)C=CCN3CC[C@@]4(c5ccc(OC)cc5N(C)[C@H]4[C@@]1(O)C(=O)OC)[C@@H]32. The van der Waals surface area contributed by atoms with Gasteiger partial charge in [-0.05, 0) is 37.4 Å². The molecular weight excluding hydrogens is 432 g/mol. The maximum atomic E-state index is 13.7. The summed E-state index contributed by atoms with van der Waals surface area (Å²) in [6.45, 7) is 6.54. The second kappa shape index (κ2) is 8.25. The zero-order chi connectivity index (χ0) is 24.3. The molecule has 5 rings (SSSR count). The third-order valence-corrected chi connectivity index (χ3v) is 9.12. The standard InChI is InChI=1S/C27H38N2O5/c1-6-8-16-34-23-25(7-2)12-9-14-29-15-13-26(21(25)29)19-11-10-18(32-4)17-20(19)28(3)22(26)27(23,31)24(30)33-5/h9-12,17,21-23,31H,6-8,13-16H2,1-5H3/t21-,22+,23+,25+,26+,27-/m0/s1. The van der Waals surface area contributed by atoms with Crippen molar-refractivity contribution in [1.82, 2.24) is 4.90 Å². The number of aliphatic hydroxyl groups is 1. The number of ether oxygens (including phenoxy) is 3. The van der Waals surface area contributed by atoms with Crippen LogP contribution in [0.4, 0.5) is 5.69 Å². The van der Waals surface area contributed by atoms with Gasteiger partial charge in [-0.2, -0.15) is 0 Å². The zero-order valence-electron chi connectivity index (χ0n) is 21.0. The van der Waals surface area contributed by atoms with Gasteiger partial charge >= 0.3 is 5.97 Å². The van der Waals surface area contributed by atoms with Crippen LogP contribution in [0, 0.1) is 5.41 Å². The van der Waals surface area contributed by atoms with Gasteiger partial charge in [0.1, 0.15) is 11.9 Å². The Balaban J connectivity index is 1.80. The quantitative estimate of drug-likeness (QED) is 0.373. The van der Waals surface area contributed by atoms with Crippen LogP contribution in [0.15, 0.2) is 30.4 Å². The van der Waals surface area contributed by atoms with E-state index < -0.39 is 34.5 Å². The summed E-state index contributed by atoms with van der Waals surface area (Å²) in [4.78, 5) is 18.3. The van der Waals surface area contributed by atoms with Gasteiger partial charge in [0, 0.05) is 48.8 Å². The van der Waals surface area contributed by atoms with E-state index in [4.69, 9.17) is 14.2 Å². The van der Waals surface area contributed by atoms with E-state index in [2.05, 4.69) is 41.9 Å². The van der Waals surface area contributed by atoms with Crippen molar-refractivity contribution in [2.45, 2.75) is 68.7 Å². The molecule has 0 unspecified atom stereocenters.